The lowest BCUT2D eigenvalue weighted by atomic mass is 10.2. The Balaban J connectivity index is 2.62. The topological polar surface area (TPSA) is 86.7 Å². The molecule has 0 atom stereocenters. The van der Waals surface area contributed by atoms with Crippen molar-refractivity contribution in [1.82, 2.24) is 19.7 Å². The van der Waals surface area contributed by atoms with Crippen LogP contribution in [0.5, 0.6) is 0 Å². The molecule has 7 nitrogen and oxygen atoms in total. The van der Waals surface area contributed by atoms with Gasteiger partial charge >= 0.3 is 5.69 Å². The van der Waals surface area contributed by atoms with Crippen LogP contribution in [0, 0.1) is 10.1 Å². The van der Waals surface area contributed by atoms with Crippen molar-refractivity contribution in [2.45, 2.75) is 0 Å². The van der Waals surface area contributed by atoms with E-state index in [4.69, 9.17) is 11.6 Å². The first-order valence-corrected chi connectivity index (χ1v) is 4.61. The first kappa shape index (κ1) is 10.5. The predicted molar refractivity (Wildman–Crippen MR) is 55.9 cm³/mol. The van der Waals surface area contributed by atoms with Crippen molar-refractivity contribution < 1.29 is 4.92 Å². The van der Waals surface area contributed by atoms with Crippen LogP contribution >= 0.6 is 11.6 Å². The minimum absolute atomic E-state index is 0.0375. The minimum atomic E-state index is -0.557. The highest BCUT2D eigenvalue weighted by molar-refractivity contribution is 6.28. The van der Waals surface area contributed by atoms with Gasteiger partial charge in [0.25, 0.3) is 0 Å². The van der Waals surface area contributed by atoms with Crippen molar-refractivity contribution in [1.29, 1.82) is 0 Å². The van der Waals surface area contributed by atoms with Crippen molar-refractivity contribution in [2.75, 3.05) is 0 Å². The molecule has 82 valence electrons. The van der Waals surface area contributed by atoms with Gasteiger partial charge in [-0.05, 0) is 11.6 Å². The summed E-state index contributed by atoms with van der Waals surface area (Å²) in [4.78, 5) is 17.6. The average molecular weight is 240 g/mol. The summed E-state index contributed by atoms with van der Waals surface area (Å²) in [5.74, 6) is 0. The zero-order chi connectivity index (χ0) is 11.7. The summed E-state index contributed by atoms with van der Waals surface area (Å²) in [5, 5.41) is 14.6. The molecule has 0 fully saturated rings. The van der Waals surface area contributed by atoms with E-state index in [0.29, 0.717) is 5.56 Å². The van der Waals surface area contributed by atoms with Gasteiger partial charge in [0.1, 0.15) is 6.20 Å². The van der Waals surface area contributed by atoms with E-state index in [1.807, 2.05) is 0 Å². The summed E-state index contributed by atoms with van der Waals surface area (Å²) in [7, 11) is 1.71. The Morgan fingerprint density at radius 2 is 2.25 bits per heavy atom. The molecule has 0 N–H and O–H groups in total. The van der Waals surface area contributed by atoms with Gasteiger partial charge < -0.3 is 0 Å². The Hall–Kier alpha value is -2.02. The van der Waals surface area contributed by atoms with Crippen molar-refractivity contribution in [3.8, 4) is 11.3 Å². The van der Waals surface area contributed by atoms with E-state index in [9.17, 15) is 10.1 Å². The van der Waals surface area contributed by atoms with Gasteiger partial charge in [0.05, 0.1) is 11.1 Å². The molecule has 0 aliphatic rings. The summed E-state index contributed by atoms with van der Waals surface area (Å²) in [6.45, 7) is 0. The van der Waals surface area contributed by atoms with Crippen LogP contribution in [0.25, 0.3) is 11.3 Å². The minimum Gasteiger partial charge on any atom is -0.275 e. The molecular formula is C8H6ClN5O2. The molecule has 16 heavy (non-hydrogen) atoms. The zero-order valence-corrected chi connectivity index (χ0v) is 8.92. The number of nitrogens with zero attached hydrogens (tertiary/aromatic N) is 5. The number of aromatic nitrogens is 4. The largest absolute Gasteiger partial charge is 0.313 e. The lowest BCUT2D eigenvalue weighted by Crippen LogP contribution is -1.96. The lowest BCUT2D eigenvalue weighted by Gasteiger charge is -1.98. The Labute approximate surface area is 94.9 Å². The van der Waals surface area contributed by atoms with Gasteiger partial charge in [0, 0.05) is 18.8 Å². The van der Waals surface area contributed by atoms with Crippen LogP contribution in [0.2, 0.25) is 5.28 Å². The van der Waals surface area contributed by atoms with E-state index in [-0.39, 0.29) is 16.7 Å². The molecule has 2 rings (SSSR count). The molecule has 0 saturated carbocycles. The summed E-state index contributed by atoms with van der Waals surface area (Å²) >= 11 is 5.61. The molecule has 0 aliphatic heterocycles. The zero-order valence-electron chi connectivity index (χ0n) is 8.16. The summed E-state index contributed by atoms with van der Waals surface area (Å²) in [6.07, 6.45) is 4.18. The second-order valence-corrected chi connectivity index (χ2v) is 3.37. The first-order valence-electron chi connectivity index (χ1n) is 4.24. The van der Waals surface area contributed by atoms with E-state index in [0.717, 1.165) is 6.20 Å². The number of aryl methyl sites for hydroxylation is 1. The van der Waals surface area contributed by atoms with Gasteiger partial charge in [-0.2, -0.15) is 5.10 Å². The molecule has 0 aromatic carbocycles. The van der Waals surface area contributed by atoms with E-state index in [1.54, 1.807) is 13.2 Å². The molecule has 0 aliphatic carbocycles. The molecule has 2 aromatic heterocycles. The number of hydrogen-bond donors (Lipinski definition) is 0. The van der Waals surface area contributed by atoms with E-state index < -0.39 is 4.92 Å². The maximum Gasteiger partial charge on any atom is 0.313 e. The standard InChI is InChI=1S/C8H6ClN5O2/c1-13-4-5(2-11-13)7-6(14(15)16)3-10-8(9)12-7/h2-4H,1H3. The van der Waals surface area contributed by atoms with Gasteiger partial charge in [-0.3, -0.25) is 14.8 Å². The molecule has 8 heteroatoms. The van der Waals surface area contributed by atoms with Crippen LogP contribution in [0.4, 0.5) is 5.69 Å². The van der Waals surface area contributed by atoms with E-state index in [2.05, 4.69) is 15.1 Å². The average Bonchev–Trinajstić information content (AvgIpc) is 2.64. The third-order valence-electron chi connectivity index (χ3n) is 1.92. The van der Waals surface area contributed by atoms with Crippen LogP contribution in [0.3, 0.4) is 0 Å². The highest BCUT2D eigenvalue weighted by atomic mass is 35.5. The Kier molecular flexibility index (Phi) is 2.53. The molecule has 0 radical (unpaired) electrons. The van der Waals surface area contributed by atoms with Gasteiger partial charge in [-0.1, -0.05) is 0 Å². The molecule has 0 saturated heterocycles. The molecule has 0 spiro atoms. The highest BCUT2D eigenvalue weighted by Gasteiger charge is 2.19. The van der Waals surface area contributed by atoms with E-state index >= 15 is 0 Å². The third kappa shape index (κ3) is 1.84. The highest BCUT2D eigenvalue weighted by Crippen LogP contribution is 2.27. The Morgan fingerprint density at radius 1 is 1.50 bits per heavy atom. The smallest absolute Gasteiger partial charge is 0.275 e. The fourth-order valence-electron chi connectivity index (χ4n) is 1.24. The van der Waals surface area contributed by atoms with Crippen LogP contribution in [-0.4, -0.2) is 24.7 Å². The molecule has 2 heterocycles. The summed E-state index contributed by atoms with van der Waals surface area (Å²) < 4.78 is 1.52. The normalized spacial score (nSPS) is 10.4. The molecule has 0 amide bonds. The molecule has 0 bridgehead atoms. The van der Waals surface area contributed by atoms with Crippen molar-refractivity contribution in [3.63, 3.8) is 0 Å². The van der Waals surface area contributed by atoms with Gasteiger partial charge in [0.15, 0.2) is 5.69 Å². The third-order valence-corrected chi connectivity index (χ3v) is 2.10. The maximum absolute atomic E-state index is 10.8. The van der Waals surface area contributed by atoms with Gasteiger partial charge in [0.2, 0.25) is 5.28 Å². The van der Waals surface area contributed by atoms with Crippen LogP contribution in [-0.2, 0) is 7.05 Å². The fourth-order valence-corrected chi connectivity index (χ4v) is 1.38. The number of nitro groups is 1. The number of rotatable bonds is 2. The van der Waals surface area contributed by atoms with Crippen LogP contribution in [0.1, 0.15) is 0 Å². The molecule has 2 aromatic rings. The summed E-state index contributed by atoms with van der Waals surface area (Å²) in [5.41, 5.74) is 0.494. The van der Waals surface area contributed by atoms with Gasteiger partial charge in [-0.15, -0.1) is 0 Å². The van der Waals surface area contributed by atoms with Crippen molar-refractivity contribution >= 4 is 17.3 Å². The van der Waals surface area contributed by atoms with Crippen LogP contribution < -0.4 is 0 Å². The number of hydrogen-bond acceptors (Lipinski definition) is 5. The monoisotopic (exact) mass is 239 g/mol. The predicted octanol–water partition coefficient (Wildman–Crippen LogP) is 1.44. The van der Waals surface area contributed by atoms with Crippen LogP contribution in [0.15, 0.2) is 18.6 Å². The Bertz CT molecular complexity index is 553. The first-order chi connectivity index (χ1) is 7.58. The van der Waals surface area contributed by atoms with Gasteiger partial charge in [-0.25, -0.2) is 9.97 Å². The Morgan fingerprint density at radius 3 is 2.81 bits per heavy atom. The fraction of sp³-hybridized carbons (Fsp3) is 0.125. The SMILES string of the molecule is Cn1cc(-c2nc(Cl)ncc2[N+](=O)[O-])cn1. The lowest BCUT2D eigenvalue weighted by molar-refractivity contribution is -0.384. The van der Waals surface area contributed by atoms with Crippen molar-refractivity contribution in [2.24, 2.45) is 7.05 Å². The number of halogens is 1. The summed E-state index contributed by atoms with van der Waals surface area (Å²) in [6, 6.07) is 0. The molecule has 0 unspecified atom stereocenters. The maximum atomic E-state index is 10.8. The second kappa shape index (κ2) is 3.86. The second-order valence-electron chi connectivity index (χ2n) is 3.03. The molecular weight excluding hydrogens is 234 g/mol. The van der Waals surface area contributed by atoms with E-state index in [1.165, 1.54) is 10.9 Å². The van der Waals surface area contributed by atoms with Crippen molar-refractivity contribution in [3.05, 3.63) is 34.0 Å². The quantitative estimate of drug-likeness (QED) is 0.450.